The van der Waals surface area contributed by atoms with E-state index in [0.717, 1.165) is 11.6 Å². The number of alkyl halides is 3. The van der Waals surface area contributed by atoms with Gasteiger partial charge in [-0.1, -0.05) is 34.1 Å². The Morgan fingerprint density at radius 2 is 1.96 bits per heavy atom. The molecule has 1 amide bonds. The smallest absolute Gasteiger partial charge is 0.329 e. The van der Waals surface area contributed by atoms with Crippen molar-refractivity contribution in [2.45, 2.75) is 18.7 Å². The summed E-state index contributed by atoms with van der Waals surface area (Å²) in [5.41, 5.74) is 0.912. The van der Waals surface area contributed by atoms with E-state index in [1.807, 2.05) is 5.32 Å². The summed E-state index contributed by atoms with van der Waals surface area (Å²) in [7, 11) is 0.810. The average molecular weight is 458 g/mol. The van der Waals surface area contributed by atoms with Crippen molar-refractivity contribution in [2.24, 2.45) is 0 Å². The zero-order valence-electron chi connectivity index (χ0n) is 14.5. The first-order valence-corrected chi connectivity index (χ1v) is 8.80. The maximum atomic E-state index is 13.8. The van der Waals surface area contributed by atoms with Crippen LogP contribution in [-0.2, 0) is 16.1 Å². The summed E-state index contributed by atoms with van der Waals surface area (Å²) in [4.78, 5) is 16.4. The molecule has 0 bridgehead atoms. The number of carbonyl (C=O) groups is 1. The molecule has 0 radical (unpaired) electrons. The number of halogens is 4. The van der Waals surface area contributed by atoms with E-state index in [1.54, 1.807) is 28.8 Å². The third-order valence-corrected chi connectivity index (χ3v) is 4.44. The summed E-state index contributed by atoms with van der Waals surface area (Å²) >= 11 is 3.30. The molecular weight excluding hydrogens is 443 g/mol. The quantitative estimate of drug-likeness (QED) is 0.570. The van der Waals surface area contributed by atoms with Crippen molar-refractivity contribution in [2.75, 3.05) is 7.11 Å². The Morgan fingerprint density at radius 3 is 2.61 bits per heavy atom. The minimum absolute atomic E-state index is 0.0384. The molecule has 2 heterocycles. The van der Waals surface area contributed by atoms with Crippen LogP contribution >= 0.6 is 15.9 Å². The van der Waals surface area contributed by atoms with Crippen molar-refractivity contribution in [3.05, 3.63) is 70.6 Å². The summed E-state index contributed by atoms with van der Waals surface area (Å²) < 4.78 is 53.3. The topological polar surface area (TPSA) is 64.9 Å². The number of ether oxygens (including phenoxy) is 2. The normalized spacial score (nSPS) is 14.0. The molecule has 28 heavy (non-hydrogen) atoms. The Labute approximate surface area is 166 Å². The van der Waals surface area contributed by atoms with E-state index in [0.29, 0.717) is 11.3 Å². The number of rotatable bonds is 6. The summed E-state index contributed by atoms with van der Waals surface area (Å²) in [6, 6.07) is 10.9. The second-order valence-electron chi connectivity index (χ2n) is 5.75. The van der Waals surface area contributed by atoms with Crippen molar-refractivity contribution in [3.8, 4) is 0 Å². The second kappa shape index (κ2) is 7.90. The summed E-state index contributed by atoms with van der Waals surface area (Å²) in [6.45, 7) is -0.509. The number of hydrogen-bond donors (Lipinski definition) is 1. The molecule has 1 atom stereocenters. The first-order chi connectivity index (χ1) is 13.3. The van der Waals surface area contributed by atoms with Gasteiger partial charge in [-0.05, 0) is 24.3 Å². The van der Waals surface area contributed by atoms with Crippen LogP contribution in [0.15, 0.2) is 59.3 Å². The first kappa shape index (κ1) is 20.3. The zero-order valence-corrected chi connectivity index (χ0v) is 16.1. The lowest BCUT2D eigenvalue weighted by Gasteiger charge is -2.34. The lowest BCUT2D eigenvalue weighted by Crippen LogP contribution is -2.62. The van der Waals surface area contributed by atoms with Crippen molar-refractivity contribution in [1.82, 2.24) is 14.7 Å². The number of amides is 1. The highest BCUT2D eigenvalue weighted by Gasteiger charge is 2.59. The number of nitrogens with one attached hydrogen (secondary N) is 1. The van der Waals surface area contributed by atoms with Gasteiger partial charge in [-0.2, -0.15) is 13.2 Å². The van der Waals surface area contributed by atoms with Crippen molar-refractivity contribution in [1.29, 1.82) is 0 Å². The van der Waals surface area contributed by atoms with Crippen LogP contribution in [0.3, 0.4) is 0 Å². The van der Waals surface area contributed by atoms with Crippen LogP contribution in [0.5, 0.6) is 0 Å². The number of hydrogen-bond acceptors (Lipinski definition) is 4. The molecule has 0 spiro atoms. The summed E-state index contributed by atoms with van der Waals surface area (Å²) in [6.07, 6.45) is -2.01. The minimum atomic E-state index is -5.03. The molecule has 2 aromatic heterocycles. The fraction of sp³-hybridized carbons (Fsp3) is 0.222. The fourth-order valence-corrected chi connectivity index (χ4v) is 2.84. The van der Waals surface area contributed by atoms with Crippen LogP contribution in [0.25, 0.3) is 5.65 Å². The number of benzene rings is 1. The van der Waals surface area contributed by atoms with Crippen LogP contribution < -0.4 is 5.32 Å². The van der Waals surface area contributed by atoms with Gasteiger partial charge in [0.15, 0.2) is 0 Å². The van der Waals surface area contributed by atoms with Crippen molar-refractivity contribution >= 4 is 27.5 Å². The molecule has 6 nitrogen and oxygen atoms in total. The predicted octanol–water partition coefficient (Wildman–Crippen LogP) is 3.91. The zero-order chi connectivity index (χ0) is 20.4. The van der Waals surface area contributed by atoms with Gasteiger partial charge in [0.1, 0.15) is 5.65 Å². The van der Waals surface area contributed by atoms with Gasteiger partial charge in [0.05, 0.1) is 18.5 Å². The molecule has 0 saturated carbocycles. The van der Waals surface area contributed by atoms with Crippen LogP contribution in [0.2, 0.25) is 0 Å². The fourth-order valence-electron chi connectivity index (χ4n) is 2.52. The number of carbonyl (C=O) groups excluding carboxylic acids is 1. The molecule has 3 rings (SSSR count). The van der Waals surface area contributed by atoms with E-state index < -0.39 is 24.6 Å². The molecule has 0 saturated heterocycles. The van der Waals surface area contributed by atoms with Crippen molar-refractivity contribution < 1.29 is 27.4 Å². The molecule has 0 fully saturated rings. The Balaban J connectivity index is 1.86. The van der Waals surface area contributed by atoms with E-state index in [9.17, 15) is 18.0 Å². The van der Waals surface area contributed by atoms with Gasteiger partial charge in [-0.25, -0.2) is 4.98 Å². The van der Waals surface area contributed by atoms with E-state index in [4.69, 9.17) is 4.74 Å². The number of methoxy groups -OCH3 is 1. The first-order valence-electron chi connectivity index (χ1n) is 8.00. The number of pyridine rings is 1. The molecule has 148 valence electrons. The molecule has 1 N–H and O–H groups in total. The van der Waals surface area contributed by atoms with Gasteiger partial charge in [-0.15, -0.1) is 0 Å². The largest absolute Gasteiger partial charge is 0.465 e. The second-order valence-corrected chi connectivity index (χ2v) is 6.67. The third-order valence-electron chi connectivity index (χ3n) is 3.95. The van der Waals surface area contributed by atoms with Crippen LogP contribution in [-0.4, -0.2) is 34.5 Å². The molecule has 0 aliphatic heterocycles. The van der Waals surface area contributed by atoms with Gasteiger partial charge in [0.2, 0.25) is 0 Å². The van der Waals surface area contributed by atoms with Gasteiger partial charge in [-0.3, -0.25) is 10.1 Å². The van der Waals surface area contributed by atoms with Gasteiger partial charge >= 0.3 is 12.1 Å². The molecular formula is C18H15BrF3N3O3. The molecule has 3 aromatic rings. The lowest BCUT2D eigenvalue weighted by molar-refractivity contribution is -0.386. The standard InChI is InChI=1S/C18H15BrF3N3O3/c1-27-18(17(20,21)22,24-16(26)12-5-3-2-4-6-12)28-11-14-10-23-15-9-13(19)7-8-25(14)15/h2-10H,11H2,1H3,(H,24,26). The maximum Gasteiger partial charge on any atom is 0.465 e. The van der Waals surface area contributed by atoms with Crippen LogP contribution in [0.1, 0.15) is 16.1 Å². The predicted molar refractivity (Wildman–Crippen MR) is 97.4 cm³/mol. The highest BCUT2D eigenvalue weighted by atomic mass is 79.9. The maximum absolute atomic E-state index is 13.8. The number of imidazole rings is 1. The summed E-state index contributed by atoms with van der Waals surface area (Å²) in [5, 5.41) is 1.81. The van der Waals surface area contributed by atoms with E-state index in [1.165, 1.54) is 30.5 Å². The molecule has 10 heteroatoms. The van der Waals surface area contributed by atoms with E-state index in [-0.39, 0.29) is 5.56 Å². The molecule has 0 aliphatic carbocycles. The van der Waals surface area contributed by atoms with E-state index >= 15 is 0 Å². The number of aromatic nitrogens is 2. The van der Waals surface area contributed by atoms with Crippen molar-refractivity contribution in [3.63, 3.8) is 0 Å². The Bertz CT molecular complexity index is 978. The lowest BCUT2D eigenvalue weighted by atomic mass is 10.2. The summed E-state index contributed by atoms with van der Waals surface area (Å²) in [5.74, 6) is -4.30. The average Bonchev–Trinajstić information content (AvgIpc) is 3.06. The molecule has 1 unspecified atom stereocenters. The van der Waals surface area contributed by atoms with E-state index in [2.05, 4.69) is 25.7 Å². The van der Waals surface area contributed by atoms with Crippen LogP contribution in [0, 0.1) is 0 Å². The minimum Gasteiger partial charge on any atom is -0.329 e. The highest BCUT2D eigenvalue weighted by molar-refractivity contribution is 9.10. The van der Waals surface area contributed by atoms with Crippen LogP contribution in [0.4, 0.5) is 13.2 Å². The third kappa shape index (κ3) is 4.03. The number of nitrogens with zero attached hydrogens (tertiary/aromatic N) is 2. The SMILES string of the molecule is COC(NC(=O)c1ccccc1)(OCc1cnc2cc(Br)ccn12)C(F)(F)F. The Kier molecular flexibility index (Phi) is 5.73. The van der Waals surface area contributed by atoms with Gasteiger partial charge < -0.3 is 13.9 Å². The van der Waals surface area contributed by atoms with Gasteiger partial charge in [0, 0.05) is 23.3 Å². The van der Waals surface area contributed by atoms with Gasteiger partial charge in [0.25, 0.3) is 5.91 Å². The monoisotopic (exact) mass is 457 g/mol. The molecule has 1 aromatic carbocycles. The Morgan fingerprint density at radius 1 is 1.25 bits per heavy atom. The molecule has 0 aliphatic rings. The highest BCUT2D eigenvalue weighted by Crippen LogP contribution is 2.33. The Hall–Kier alpha value is -2.43. The number of fused-ring (bicyclic) bond motifs is 1.